The van der Waals surface area contributed by atoms with Crippen LogP contribution in [-0.4, -0.2) is 45.9 Å². The molecule has 110 valence electrons. The molecule has 6 nitrogen and oxygen atoms in total. The van der Waals surface area contributed by atoms with Gasteiger partial charge in [0.25, 0.3) is 0 Å². The number of halogens is 1. The van der Waals surface area contributed by atoms with Crippen LogP contribution in [-0.2, 0) is 4.74 Å². The van der Waals surface area contributed by atoms with Crippen LogP contribution in [0.3, 0.4) is 0 Å². The van der Waals surface area contributed by atoms with Crippen molar-refractivity contribution < 1.29 is 9.53 Å². The van der Waals surface area contributed by atoms with Crippen LogP contribution in [0.4, 0.5) is 10.6 Å². The zero-order valence-corrected chi connectivity index (χ0v) is 12.6. The highest BCUT2D eigenvalue weighted by Crippen LogP contribution is 2.18. The molecule has 2 heterocycles. The van der Waals surface area contributed by atoms with E-state index >= 15 is 0 Å². The van der Waals surface area contributed by atoms with Crippen molar-refractivity contribution in [3.05, 3.63) is 17.3 Å². The standard InChI is InChI=1S/C13H19ClN4O2/c1-13(2,3)20-12(19)18-7-6-9(8-18)15-11-5-4-10(14)16-17-11/h4-5,9H,6-8H2,1-3H3,(H,15,17). The first-order valence-corrected chi connectivity index (χ1v) is 6.95. The summed E-state index contributed by atoms with van der Waals surface area (Å²) in [7, 11) is 0. The molecule has 20 heavy (non-hydrogen) atoms. The predicted molar refractivity (Wildman–Crippen MR) is 76.9 cm³/mol. The zero-order chi connectivity index (χ0) is 14.8. The first-order valence-electron chi connectivity index (χ1n) is 6.57. The Bertz CT molecular complexity index is 472. The van der Waals surface area contributed by atoms with Gasteiger partial charge in [-0.25, -0.2) is 4.79 Å². The molecule has 0 bridgehead atoms. The van der Waals surface area contributed by atoms with Gasteiger partial charge in [-0.3, -0.25) is 0 Å². The molecule has 7 heteroatoms. The lowest BCUT2D eigenvalue weighted by Gasteiger charge is -2.24. The van der Waals surface area contributed by atoms with E-state index in [1.807, 2.05) is 20.8 Å². The first-order chi connectivity index (χ1) is 9.33. The number of hydrogen-bond acceptors (Lipinski definition) is 5. The van der Waals surface area contributed by atoms with E-state index in [9.17, 15) is 4.79 Å². The van der Waals surface area contributed by atoms with Crippen molar-refractivity contribution in [1.29, 1.82) is 0 Å². The van der Waals surface area contributed by atoms with Crippen LogP contribution in [0, 0.1) is 0 Å². The highest BCUT2D eigenvalue weighted by molar-refractivity contribution is 6.29. The summed E-state index contributed by atoms with van der Waals surface area (Å²) in [6.45, 7) is 6.85. The Morgan fingerprint density at radius 2 is 2.20 bits per heavy atom. The molecule has 1 saturated heterocycles. The molecule has 1 aromatic heterocycles. The predicted octanol–water partition coefficient (Wildman–Crippen LogP) is 2.55. The van der Waals surface area contributed by atoms with Crippen LogP contribution in [0.2, 0.25) is 5.15 Å². The molecule has 1 atom stereocenters. The molecule has 1 unspecified atom stereocenters. The molecule has 1 amide bonds. The Kier molecular flexibility index (Phi) is 4.32. The van der Waals surface area contributed by atoms with Gasteiger partial charge in [-0.05, 0) is 39.3 Å². The molecule has 1 N–H and O–H groups in total. The summed E-state index contributed by atoms with van der Waals surface area (Å²) >= 11 is 5.68. The van der Waals surface area contributed by atoms with Crippen molar-refractivity contribution in [3.8, 4) is 0 Å². The van der Waals surface area contributed by atoms with E-state index in [4.69, 9.17) is 16.3 Å². The summed E-state index contributed by atoms with van der Waals surface area (Å²) in [6, 6.07) is 3.60. The van der Waals surface area contributed by atoms with Crippen molar-refractivity contribution in [1.82, 2.24) is 15.1 Å². The largest absolute Gasteiger partial charge is 0.444 e. The van der Waals surface area contributed by atoms with E-state index < -0.39 is 5.60 Å². The Morgan fingerprint density at radius 1 is 1.45 bits per heavy atom. The van der Waals surface area contributed by atoms with Gasteiger partial charge < -0.3 is 15.0 Å². The number of carbonyl (C=O) groups is 1. The third-order valence-electron chi connectivity index (χ3n) is 2.82. The van der Waals surface area contributed by atoms with Gasteiger partial charge in [-0.1, -0.05) is 11.6 Å². The second kappa shape index (κ2) is 5.83. The normalized spacial score (nSPS) is 19.0. The van der Waals surface area contributed by atoms with Crippen molar-refractivity contribution in [2.24, 2.45) is 0 Å². The van der Waals surface area contributed by atoms with E-state index in [-0.39, 0.29) is 12.1 Å². The molecular weight excluding hydrogens is 280 g/mol. The summed E-state index contributed by atoms with van der Waals surface area (Å²) < 4.78 is 5.35. The summed E-state index contributed by atoms with van der Waals surface area (Å²) in [5.41, 5.74) is -0.468. The fourth-order valence-corrected chi connectivity index (χ4v) is 2.07. The topological polar surface area (TPSA) is 67.3 Å². The summed E-state index contributed by atoms with van der Waals surface area (Å²) in [6.07, 6.45) is 0.577. The van der Waals surface area contributed by atoms with Gasteiger partial charge in [0.15, 0.2) is 5.15 Å². The Hall–Kier alpha value is -1.56. The minimum absolute atomic E-state index is 0.151. The molecule has 1 fully saturated rings. The average Bonchev–Trinajstić information content (AvgIpc) is 2.79. The summed E-state index contributed by atoms with van der Waals surface area (Å²) in [5, 5.41) is 11.3. The molecule has 0 aromatic carbocycles. The zero-order valence-electron chi connectivity index (χ0n) is 11.9. The first kappa shape index (κ1) is 14.8. The van der Waals surface area contributed by atoms with Gasteiger partial charge in [-0.15, -0.1) is 10.2 Å². The van der Waals surface area contributed by atoms with E-state index in [2.05, 4.69) is 15.5 Å². The molecular formula is C13H19ClN4O2. The minimum atomic E-state index is -0.468. The molecule has 0 spiro atoms. The lowest BCUT2D eigenvalue weighted by Crippen LogP contribution is -2.36. The molecule has 1 aromatic rings. The number of amides is 1. The highest BCUT2D eigenvalue weighted by atomic mass is 35.5. The monoisotopic (exact) mass is 298 g/mol. The maximum Gasteiger partial charge on any atom is 0.410 e. The number of hydrogen-bond donors (Lipinski definition) is 1. The number of aromatic nitrogens is 2. The van der Waals surface area contributed by atoms with Crippen LogP contribution >= 0.6 is 11.6 Å². The number of ether oxygens (including phenoxy) is 1. The second-order valence-corrected chi connectivity index (χ2v) is 6.18. The lowest BCUT2D eigenvalue weighted by atomic mass is 10.2. The molecule has 0 aliphatic carbocycles. The fourth-order valence-electron chi connectivity index (χ4n) is 1.97. The molecule has 0 saturated carbocycles. The van der Waals surface area contributed by atoms with Gasteiger partial charge in [0.1, 0.15) is 11.4 Å². The molecule has 2 rings (SSSR count). The van der Waals surface area contributed by atoms with Gasteiger partial charge >= 0.3 is 6.09 Å². The minimum Gasteiger partial charge on any atom is -0.444 e. The van der Waals surface area contributed by atoms with Crippen LogP contribution in [0.25, 0.3) is 0 Å². The smallest absolute Gasteiger partial charge is 0.410 e. The Labute approximate surface area is 123 Å². The lowest BCUT2D eigenvalue weighted by molar-refractivity contribution is 0.0293. The van der Waals surface area contributed by atoms with E-state index in [0.29, 0.717) is 24.1 Å². The number of nitrogens with zero attached hydrogens (tertiary/aromatic N) is 3. The van der Waals surface area contributed by atoms with E-state index in [1.54, 1.807) is 17.0 Å². The van der Waals surface area contributed by atoms with Crippen LogP contribution in [0.5, 0.6) is 0 Å². The van der Waals surface area contributed by atoms with Crippen molar-refractivity contribution >= 4 is 23.5 Å². The third-order valence-corrected chi connectivity index (χ3v) is 3.03. The van der Waals surface area contributed by atoms with Gasteiger partial charge in [-0.2, -0.15) is 0 Å². The van der Waals surface area contributed by atoms with Crippen molar-refractivity contribution in [3.63, 3.8) is 0 Å². The average molecular weight is 299 g/mol. The number of carbonyl (C=O) groups excluding carboxylic acids is 1. The van der Waals surface area contributed by atoms with Gasteiger partial charge in [0, 0.05) is 19.1 Å². The van der Waals surface area contributed by atoms with Gasteiger partial charge in [0.2, 0.25) is 0 Å². The Balaban J connectivity index is 1.86. The van der Waals surface area contributed by atoms with Crippen LogP contribution < -0.4 is 5.32 Å². The third kappa shape index (κ3) is 4.23. The SMILES string of the molecule is CC(C)(C)OC(=O)N1CCC(Nc2ccc(Cl)nn2)C1. The maximum atomic E-state index is 11.9. The Morgan fingerprint density at radius 3 is 2.80 bits per heavy atom. The molecule has 1 aliphatic heterocycles. The van der Waals surface area contributed by atoms with E-state index in [1.165, 1.54) is 0 Å². The van der Waals surface area contributed by atoms with Crippen molar-refractivity contribution in [2.75, 3.05) is 18.4 Å². The van der Waals surface area contributed by atoms with Crippen LogP contribution in [0.15, 0.2) is 12.1 Å². The quantitative estimate of drug-likeness (QED) is 0.909. The number of likely N-dealkylation sites (tertiary alicyclic amines) is 1. The van der Waals surface area contributed by atoms with E-state index in [0.717, 1.165) is 6.42 Å². The molecule has 1 aliphatic rings. The fraction of sp³-hybridized carbons (Fsp3) is 0.615. The maximum absolute atomic E-state index is 11.9. The summed E-state index contributed by atoms with van der Waals surface area (Å²) in [4.78, 5) is 13.6. The van der Waals surface area contributed by atoms with Crippen LogP contribution in [0.1, 0.15) is 27.2 Å². The number of nitrogens with one attached hydrogen (secondary N) is 1. The summed E-state index contributed by atoms with van der Waals surface area (Å²) in [5.74, 6) is 0.658. The number of anilines is 1. The number of rotatable bonds is 2. The molecule has 0 radical (unpaired) electrons. The van der Waals surface area contributed by atoms with Gasteiger partial charge in [0.05, 0.1) is 0 Å². The second-order valence-electron chi connectivity index (χ2n) is 5.80. The van der Waals surface area contributed by atoms with Crippen molar-refractivity contribution in [2.45, 2.75) is 38.8 Å². The highest BCUT2D eigenvalue weighted by Gasteiger charge is 2.29.